The summed E-state index contributed by atoms with van der Waals surface area (Å²) in [6, 6.07) is 0. The molecule has 0 aromatic carbocycles. The van der Waals surface area contributed by atoms with Gasteiger partial charge >= 0.3 is 11.9 Å². The van der Waals surface area contributed by atoms with Crippen molar-refractivity contribution in [1.29, 1.82) is 1.43 Å². The molecule has 4 nitrogen and oxygen atoms in total. The molecule has 0 atom stereocenters. The molecule has 0 aliphatic carbocycles. The molecule has 0 saturated heterocycles. The summed E-state index contributed by atoms with van der Waals surface area (Å²) in [4.78, 5) is 20.6. The maximum Gasteiger partial charge on any atom is 0.317 e. The van der Waals surface area contributed by atoms with E-state index in [1.54, 1.807) is 6.92 Å². The minimum Gasteiger partial charge on any atom is -0.481 e. The van der Waals surface area contributed by atoms with Crippen LogP contribution in [-0.2, 0) is 14.3 Å². The number of aliphatic carboxylic acids is 1. The minimum atomic E-state index is -0.904. The molecule has 0 aliphatic rings. The fourth-order valence-corrected chi connectivity index (χ4v) is 0.330. The SMILES string of the molecule is [3H]OC(=O)CC(=O)OCC. The van der Waals surface area contributed by atoms with Gasteiger partial charge in [0.25, 0.3) is 1.43 Å². The first-order chi connectivity index (χ1) is 4.70. The number of carbonyl (C=O) groups is 2. The Kier molecular flexibility index (Phi) is 2.62. The summed E-state index contributed by atoms with van der Waals surface area (Å²) < 4.78 is 10.5. The van der Waals surface area contributed by atoms with Crippen LogP contribution in [0.1, 0.15) is 13.3 Å². The molecule has 0 radical (unpaired) electrons. The monoisotopic (exact) mass is 134 g/mol. The fourth-order valence-electron chi connectivity index (χ4n) is 0.330. The molecule has 52 valence electrons. The van der Waals surface area contributed by atoms with Crippen LogP contribution < -0.4 is 0 Å². The lowest BCUT2D eigenvalue weighted by atomic mass is 10.4. The van der Waals surface area contributed by atoms with Crippen LogP contribution in [0.2, 0.25) is 0 Å². The van der Waals surface area contributed by atoms with E-state index in [-0.39, 0.29) is 6.61 Å². The van der Waals surface area contributed by atoms with E-state index in [0.29, 0.717) is 0 Å². The molecule has 0 unspecified atom stereocenters. The summed E-state index contributed by atoms with van der Waals surface area (Å²) in [6.45, 7) is 1.86. The molecule has 4 heteroatoms. The molecule has 0 amide bonds. The molecule has 0 aromatic rings. The van der Waals surface area contributed by atoms with E-state index >= 15 is 0 Å². The first kappa shape index (κ1) is 6.07. The Balaban J connectivity index is 3.47. The van der Waals surface area contributed by atoms with Crippen molar-refractivity contribution in [2.45, 2.75) is 13.3 Å². The Morgan fingerprint density at radius 2 is 2.44 bits per heavy atom. The quantitative estimate of drug-likeness (QED) is 0.436. The van der Waals surface area contributed by atoms with Gasteiger partial charge in [-0.05, 0) is 6.92 Å². The summed E-state index contributed by atoms with van der Waals surface area (Å²) in [6.07, 6.45) is -0.489. The minimum absolute atomic E-state index is 0.226. The van der Waals surface area contributed by atoms with Gasteiger partial charge in [0.05, 0.1) is 6.61 Å². The lowest BCUT2D eigenvalue weighted by Gasteiger charge is -1.95. The Morgan fingerprint density at radius 3 is 2.89 bits per heavy atom. The lowest BCUT2D eigenvalue weighted by Crippen LogP contribution is -2.09. The van der Waals surface area contributed by atoms with Gasteiger partial charge < -0.3 is 9.85 Å². The number of hydrogen-bond donors (Lipinski definition) is 1. The average Bonchev–Trinajstić information content (AvgIpc) is 1.88. The zero-order valence-corrected chi connectivity index (χ0v) is 5.05. The Morgan fingerprint density at radius 1 is 1.78 bits per heavy atom. The van der Waals surface area contributed by atoms with E-state index in [2.05, 4.69) is 9.85 Å². The fraction of sp³-hybridized carbons (Fsp3) is 0.600. The predicted molar refractivity (Wildman–Crippen MR) is 28.9 cm³/mol. The standard InChI is InChI=1S/C5H8O4/c1-2-9-5(8)3-4(6)7/h2-3H2,1H3,(H,6,7)/i/hT. The van der Waals surface area contributed by atoms with Crippen molar-refractivity contribution in [3.8, 4) is 0 Å². The summed E-state index contributed by atoms with van der Waals surface area (Å²) in [5.74, 6) is -1.57. The van der Waals surface area contributed by atoms with Crippen molar-refractivity contribution in [3.63, 3.8) is 0 Å². The second kappa shape index (κ2) is 3.88. The normalized spacial score (nSPS) is 9.67. The van der Waals surface area contributed by atoms with E-state index in [1.165, 1.54) is 0 Å². The highest BCUT2D eigenvalue weighted by atomic mass is 16.5. The molecule has 0 aliphatic heterocycles. The number of carboxylic acid groups (broad SMARTS) is 1. The summed E-state index contributed by atoms with van der Waals surface area (Å²) in [7, 11) is 0. The second-order valence-corrected chi connectivity index (χ2v) is 1.35. The van der Waals surface area contributed by atoms with Gasteiger partial charge in [-0.1, -0.05) is 0 Å². The summed E-state index contributed by atoms with van der Waals surface area (Å²) in [5.41, 5.74) is 0. The average molecular weight is 134 g/mol. The van der Waals surface area contributed by atoms with Crippen LogP contribution in [0.25, 0.3) is 1.43 Å². The van der Waals surface area contributed by atoms with Crippen LogP contribution in [0.15, 0.2) is 0 Å². The van der Waals surface area contributed by atoms with Crippen LogP contribution in [0, 0.1) is 0 Å². The molecular weight excluding hydrogens is 124 g/mol. The largest absolute Gasteiger partial charge is 0.481 e. The van der Waals surface area contributed by atoms with Gasteiger partial charge in [0.2, 0.25) is 0 Å². The maximum atomic E-state index is 10.4. The molecule has 0 aromatic heterocycles. The zero-order chi connectivity index (χ0) is 7.98. The first-order valence-electron chi connectivity index (χ1n) is 2.93. The molecule has 0 bridgehead atoms. The molecule has 0 heterocycles. The van der Waals surface area contributed by atoms with Gasteiger partial charge in [0.1, 0.15) is 6.42 Å². The van der Waals surface area contributed by atoms with Crippen LogP contribution in [0.3, 0.4) is 0 Å². The molecule has 0 spiro atoms. The molecule has 9 heavy (non-hydrogen) atoms. The predicted octanol–water partition coefficient (Wildman–Crippen LogP) is 0.0242. The highest BCUT2D eigenvalue weighted by Gasteiger charge is 2.06. The van der Waals surface area contributed by atoms with Crippen LogP contribution in [0.4, 0.5) is 0 Å². The van der Waals surface area contributed by atoms with Crippen molar-refractivity contribution < 1.29 is 19.4 Å². The Labute approximate surface area is 53.9 Å². The maximum absolute atomic E-state index is 10.4. The Bertz CT molecular complexity index is 134. The molecule has 0 saturated carbocycles. The van der Waals surface area contributed by atoms with Gasteiger partial charge in [0, 0.05) is 0 Å². The van der Waals surface area contributed by atoms with Crippen molar-refractivity contribution in [2.75, 3.05) is 6.61 Å². The zero-order valence-electron chi connectivity index (χ0n) is 6.05. The third-order valence-electron chi connectivity index (χ3n) is 0.594. The van der Waals surface area contributed by atoms with Gasteiger partial charge in [-0.2, -0.15) is 0 Å². The van der Waals surface area contributed by atoms with Crippen molar-refractivity contribution in [3.05, 3.63) is 0 Å². The highest BCUT2D eigenvalue weighted by molar-refractivity contribution is 5.90. The van der Waals surface area contributed by atoms with E-state index in [9.17, 15) is 9.59 Å². The molecular formula is C5H8O4. The number of carbonyl (C=O) groups excluding carboxylic acids is 1. The second-order valence-electron chi connectivity index (χ2n) is 1.35. The van der Waals surface area contributed by atoms with Crippen molar-refractivity contribution in [2.24, 2.45) is 0 Å². The third kappa shape index (κ3) is 4.80. The van der Waals surface area contributed by atoms with Crippen LogP contribution in [0.5, 0.6) is 0 Å². The van der Waals surface area contributed by atoms with Crippen LogP contribution >= 0.6 is 0 Å². The number of rotatable bonds is 3. The first-order valence-corrected chi connectivity index (χ1v) is 2.52. The lowest BCUT2D eigenvalue weighted by molar-refractivity contribution is -0.150. The van der Waals surface area contributed by atoms with Gasteiger partial charge in [-0.3, -0.25) is 9.59 Å². The third-order valence-corrected chi connectivity index (χ3v) is 0.594. The Hall–Kier alpha value is -1.06. The molecule has 1 N–H and O–H groups in total. The van der Waals surface area contributed by atoms with Gasteiger partial charge in [-0.25, -0.2) is 0 Å². The molecule has 0 fully saturated rings. The van der Waals surface area contributed by atoms with E-state index in [0.717, 1.165) is 0 Å². The van der Waals surface area contributed by atoms with Gasteiger partial charge in [0.15, 0.2) is 0 Å². The number of carboxylic acids is 1. The number of ether oxygens (including phenoxy) is 1. The van der Waals surface area contributed by atoms with Gasteiger partial charge in [-0.15, -0.1) is 0 Å². The number of esters is 1. The number of hydrogen-bond acceptors (Lipinski definition) is 4. The van der Waals surface area contributed by atoms with Crippen molar-refractivity contribution >= 4 is 11.9 Å². The summed E-state index contributed by atoms with van der Waals surface area (Å²) >= 11 is 0. The van der Waals surface area contributed by atoms with Crippen molar-refractivity contribution in [1.82, 2.24) is 0 Å². The van der Waals surface area contributed by atoms with E-state index < -0.39 is 18.4 Å². The van der Waals surface area contributed by atoms with E-state index in [4.69, 9.17) is 1.43 Å². The smallest absolute Gasteiger partial charge is 0.317 e. The van der Waals surface area contributed by atoms with Crippen LogP contribution in [-0.4, -0.2) is 23.7 Å². The molecule has 0 rings (SSSR count). The highest BCUT2D eigenvalue weighted by Crippen LogP contribution is 1.84. The van der Waals surface area contributed by atoms with E-state index in [1.807, 2.05) is 0 Å². The topological polar surface area (TPSA) is 63.6 Å². The summed E-state index contributed by atoms with van der Waals surface area (Å²) in [5, 5.41) is 3.48.